The van der Waals surface area contributed by atoms with E-state index in [9.17, 15) is 4.79 Å². The molecule has 2 fully saturated rings. The SMILES string of the molecule is C[C@H]1CN(C2COC2)CCN1c1ccc(Nc2cc(Cl)nn(COCC[Si](C)(C)C)c2=O)nc1. The first kappa shape index (κ1) is 25.1. The van der Waals surface area contributed by atoms with Gasteiger partial charge in [-0.15, -0.1) is 0 Å². The maximum atomic E-state index is 12.8. The van der Waals surface area contributed by atoms with Crippen molar-refractivity contribution in [1.29, 1.82) is 0 Å². The van der Waals surface area contributed by atoms with Crippen LogP contribution < -0.4 is 15.8 Å². The van der Waals surface area contributed by atoms with E-state index in [-0.39, 0.29) is 17.4 Å². The van der Waals surface area contributed by atoms with Crippen LogP contribution in [0.15, 0.2) is 29.2 Å². The fourth-order valence-corrected chi connectivity index (χ4v) is 5.08. The first-order valence-electron chi connectivity index (χ1n) is 11.9. The second-order valence-electron chi connectivity index (χ2n) is 10.3. The van der Waals surface area contributed by atoms with Crippen LogP contribution in [-0.4, -0.2) is 79.3 Å². The zero-order valence-electron chi connectivity index (χ0n) is 20.5. The van der Waals surface area contributed by atoms with Crippen LogP contribution in [0.4, 0.5) is 17.2 Å². The third-order valence-corrected chi connectivity index (χ3v) is 8.18. The number of aromatic nitrogens is 3. The van der Waals surface area contributed by atoms with E-state index in [1.54, 1.807) is 0 Å². The molecule has 0 saturated carbocycles. The fourth-order valence-electron chi connectivity index (χ4n) is 4.12. The summed E-state index contributed by atoms with van der Waals surface area (Å²) in [4.78, 5) is 22.3. The smallest absolute Gasteiger partial charge is 0.292 e. The van der Waals surface area contributed by atoms with Gasteiger partial charge in [-0.25, -0.2) is 9.67 Å². The number of ether oxygens (including phenoxy) is 2. The molecule has 186 valence electrons. The van der Waals surface area contributed by atoms with Crippen molar-refractivity contribution in [1.82, 2.24) is 19.7 Å². The third-order valence-electron chi connectivity index (χ3n) is 6.29. The van der Waals surface area contributed by atoms with Crippen LogP contribution in [0.1, 0.15) is 6.92 Å². The van der Waals surface area contributed by atoms with E-state index >= 15 is 0 Å². The van der Waals surface area contributed by atoms with Crippen molar-refractivity contribution in [2.75, 3.05) is 49.7 Å². The van der Waals surface area contributed by atoms with Gasteiger partial charge >= 0.3 is 0 Å². The standard InChI is InChI=1S/C23H35ClN6O3Si/c1-17-13-28(19-14-33-15-19)7-8-29(17)18-5-6-22(25-12-18)26-20-11-21(24)27-30(23(20)31)16-32-9-10-34(2,3)4/h5-6,11-12,17,19H,7-10,13-16H2,1-4H3,(H,25,26)/t17-/m0/s1. The normalized spacial score (nSPS) is 19.8. The molecule has 34 heavy (non-hydrogen) atoms. The van der Waals surface area contributed by atoms with Crippen LogP contribution in [0.25, 0.3) is 0 Å². The van der Waals surface area contributed by atoms with Gasteiger partial charge in [-0.3, -0.25) is 9.69 Å². The van der Waals surface area contributed by atoms with Crippen molar-refractivity contribution in [3.05, 3.63) is 39.9 Å². The van der Waals surface area contributed by atoms with E-state index < -0.39 is 8.07 Å². The van der Waals surface area contributed by atoms with E-state index in [0.29, 0.717) is 30.2 Å². The minimum Gasteiger partial charge on any atom is -0.378 e. The molecular formula is C23H35ClN6O3Si. The topological polar surface area (TPSA) is 84.8 Å². The number of nitrogens with zero attached hydrogens (tertiary/aromatic N) is 5. The Labute approximate surface area is 207 Å². The molecule has 4 heterocycles. The highest BCUT2D eigenvalue weighted by molar-refractivity contribution is 6.76. The number of anilines is 3. The molecule has 0 spiro atoms. The molecule has 2 aliphatic heterocycles. The lowest BCUT2D eigenvalue weighted by Crippen LogP contribution is -2.59. The number of hydrogen-bond acceptors (Lipinski definition) is 8. The predicted octanol–water partition coefficient (Wildman–Crippen LogP) is 3.26. The number of piperazine rings is 1. The Balaban J connectivity index is 1.37. The molecule has 0 radical (unpaired) electrons. The molecule has 0 bridgehead atoms. The van der Waals surface area contributed by atoms with Gasteiger partial charge in [0.25, 0.3) is 5.56 Å². The van der Waals surface area contributed by atoms with Crippen molar-refractivity contribution >= 4 is 36.9 Å². The summed E-state index contributed by atoms with van der Waals surface area (Å²) in [6.07, 6.45) is 1.85. The monoisotopic (exact) mass is 506 g/mol. The van der Waals surface area contributed by atoms with Crippen molar-refractivity contribution in [3.63, 3.8) is 0 Å². The minimum atomic E-state index is -1.20. The average molecular weight is 507 g/mol. The van der Waals surface area contributed by atoms with Gasteiger partial charge in [-0.2, -0.15) is 5.10 Å². The van der Waals surface area contributed by atoms with Crippen molar-refractivity contribution < 1.29 is 9.47 Å². The lowest BCUT2D eigenvalue weighted by atomic mass is 10.1. The Morgan fingerprint density at radius 3 is 2.68 bits per heavy atom. The van der Waals surface area contributed by atoms with Gasteiger partial charge in [0.1, 0.15) is 18.2 Å². The van der Waals surface area contributed by atoms with Crippen molar-refractivity contribution in [2.24, 2.45) is 0 Å². The van der Waals surface area contributed by atoms with E-state index in [1.165, 1.54) is 10.7 Å². The van der Waals surface area contributed by atoms with Crippen molar-refractivity contribution in [3.8, 4) is 0 Å². The molecule has 1 atom stereocenters. The second kappa shape index (κ2) is 10.7. The lowest BCUT2D eigenvalue weighted by molar-refractivity contribution is -0.0691. The molecule has 2 aromatic heterocycles. The van der Waals surface area contributed by atoms with Gasteiger partial charge < -0.3 is 19.7 Å². The number of halogens is 1. The highest BCUT2D eigenvalue weighted by atomic mass is 35.5. The van der Waals surface area contributed by atoms with Crippen LogP contribution in [0.5, 0.6) is 0 Å². The van der Waals surface area contributed by atoms with Crippen LogP contribution >= 0.6 is 11.6 Å². The Morgan fingerprint density at radius 2 is 2.06 bits per heavy atom. The second-order valence-corrected chi connectivity index (χ2v) is 16.3. The molecule has 0 unspecified atom stereocenters. The Hall–Kier alpha value is -1.98. The van der Waals surface area contributed by atoms with Crippen LogP contribution in [0, 0.1) is 0 Å². The largest absolute Gasteiger partial charge is 0.378 e. The summed E-state index contributed by atoms with van der Waals surface area (Å²) in [5.41, 5.74) is 1.09. The zero-order chi connectivity index (χ0) is 24.3. The first-order valence-corrected chi connectivity index (χ1v) is 15.9. The van der Waals surface area contributed by atoms with E-state index in [4.69, 9.17) is 21.1 Å². The number of hydrogen-bond donors (Lipinski definition) is 1. The third kappa shape index (κ3) is 6.36. The zero-order valence-corrected chi connectivity index (χ0v) is 22.2. The number of pyridine rings is 1. The van der Waals surface area contributed by atoms with Crippen LogP contribution in [-0.2, 0) is 16.2 Å². The summed E-state index contributed by atoms with van der Waals surface area (Å²) in [5.74, 6) is 0.576. The maximum Gasteiger partial charge on any atom is 0.292 e. The number of nitrogens with one attached hydrogen (secondary N) is 1. The predicted molar refractivity (Wildman–Crippen MR) is 138 cm³/mol. The lowest BCUT2D eigenvalue weighted by Gasteiger charge is -2.46. The van der Waals surface area contributed by atoms with Gasteiger partial charge in [0, 0.05) is 46.4 Å². The molecule has 0 amide bonds. The van der Waals surface area contributed by atoms with Gasteiger partial charge in [-0.05, 0) is 25.1 Å². The Morgan fingerprint density at radius 1 is 1.26 bits per heavy atom. The highest BCUT2D eigenvalue weighted by Crippen LogP contribution is 2.24. The molecule has 2 aromatic rings. The maximum absolute atomic E-state index is 12.8. The summed E-state index contributed by atoms with van der Waals surface area (Å²) in [6, 6.07) is 7.42. The summed E-state index contributed by atoms with van der Waals surface area (Å²) < 4.78 is 12.3. The summed E-state index contributed by atoms with van der Waals surface area (Å²) in [5, 5.41) is 7.41. The van der Waals surface area contributed by atoms with E-state index in [1.807, 2.05) is 18.3 Å². The number of rotatable bonds is 9. The van der Waals surface area contributed by atoms with Crippen LogP contribution in [0.3, 0.4) is 0 Å². The van der Waals surface area contributed by atoms with Gasteiger partial charge in [0.05, 0.1) is 31.1 Å². The average Bonchev–Trinajstić information content (AvgIpc) is 2.73. The van der Waals surface area contributed by atoms with E-state index in [0.717, 1.165) is 44.6 Å². The van der Waals surface area contributed by atoms with Crippen molar-refractivity contribution in [2.45, 2.75) is 51.4 Å². The fraction of sp³-hybridized carbons (Fsp3) is 0.609. The summed E-state index contributed by atoms with van der Waals surface area (Å²) in [7, 11) is -1.20. The molecule has 9 nitrogen and oxygen atoms in total. The molecule has 0 aliphatic carbocycles. The Bertz CT molecular complexity index is 1020. The molecule has 0 aromatic carbocycles. The van der Waals surface area contributed by atoms with Gasteiger partial charge in [-0.1, -0.05) is 31.2 Å². The van der Waals surface area contributed by atoms with E-state index in [2.05, 4.69) is 51.8 Å². The summed E-state index contributed by atoms with van der Waals surface area (Å²) in [6.45, 7) is 14.4. The van der Waals surface area contributed by atoms with Gasteiger partial charge in [0.15, 0.2) is 5.15 Å². The molecule has 2 saturated heterocycles. The first-order chi connectivity index (χ1) is 16.2. The molecule has 11 heteroatoms. The minimum absolute atomic E-state index is 0.0712. The molecular weight excluding hydrogens is 472 g/mol. The van der Waals surface area contributed by atoms with Gasteiger partial charge in [0.2, 0.25) is 0 Å². The summed E-state index contributed by atoms with van der Waals surface area (Å²) >= 11 is 6.17. The Kier molecular flexibility index (Phi) is 7.93. The quantitative estimate of drug-likeness (QED) is 0.410. The van der Waals surface area contributed by atoms with Crippen LogP contribution in [0.2, 0.25) is 30.8 Å². The highest BCUT2D eigenvalue weighted by Gasteiger charge is 2.32. The molecule has 1 N–H and O–H groups in total. The molecule has 2 aliphatic rings. The molecule has 4 rings (SSSR count).